The number of hydrogen-bond acceptors (Lipinski definition) is 4. The molecule has 0 bridgehead atoms. The first kappa shape index (κ1) is 11.8. The van der Waals surface area contributed by atoms with Crippen LogP contribution in [0, 0.1) is 5.92 Å². The van der Waals surface area contributed by atoms with Gasteiger partial charge in [-0.05, 0) is 11.5 Å². The summed E-state index contributed by atoms with van der Waals surface area (Å²) < 4.78 is 5.17. The van der Waals surface area contributed by atoms with Gasteiger partial charge in [0.2, 0.25) is 5.89 Å². The fourth-order valence-electron chi connectivity index (χ4n) is 1.54. The van der Waals surface area contributed by atoms with Crippen LogP contribution in [0.4, 0.5) is 0 Å². The third kappa shape index (κ3) is 2.91. The van der Waals surface area contributed by atoms with Crippen molar-refractivity contribution in [2.24, 2.45) is 11.7 Å². The molecule has 1 heterocycles. The molecule has 0 saturated carbocycles. The molecule has 0 spiro atoms. The lowest BCUT2D eigenvalue weighted by atomic mass is 10.1. The molecule has 0 amide bonds. The first-order valence-corrected chi connectivity index (χ1v) is 5.79. The third-order valence-electron chi connectivity index (χ3n) is 2.69. The Bertz CT molecular complexity index is 465. The van der Waals surface area contributed by atoms with Crippen LogP contribution in [-0.4, -0.2) is 10.1 Å². The lowest BCUT2D eigenvalue weighted by Crippen LogP contribution is -2.17. The van der Waals surface area contributed by atoms with Gasteiger partial charge in [0.1, 0.15) is 0 Å². The summed E-state index contributed by atoms with van der Waals surface area (Å²) in [5.74, 6) is 1.49. The highest BCUT2D eigenvalue weighted by molar-refractivity contribution is 5.18. The van der Waals surface area contributed by atoms with Crippen LogP contribution in [0.5, 0.6) is 0 Å². The number of benzene rings is 1. The molecule has 4 heteroatoms. The van der Waals surface area contributed by atoms with E-state index in [-0.39, 0.29) is 6.04 Å². The Balaban J connectivity index is 2.09. The molecule has 4 nitrogen and oxygen atoms in total. The van der Waals surface area contributed by atoms with Crippen LogP contribution in [-0.2, 0) is 6.42 Å². The van der Waals surface area contributed by atoms with E-state index in [0.717, 1.165) is 5.56 Å². The van der Waals surface area contributed by atoms with Crippen LogP contribution in [0.3, 0.4) is 0 Å². The summed E-state index contributed by atoms with van der Waals surface area (Å²) in [6, 6.07) is 9.87. The van der Waals surface area contributed by atoms with Gasteiger partial charge in [0.25, 0.3) is 0 Å². The summed E-state index contributed by atoms with van der Waals surface area (Å²) in [6.07, 6.45) is 0.676. The van der Waals surface area contributed by atoms with Crippen molar-refractivity contribution in [1.82, 2.24) is 10.1 Å². The number of nitrogens with two attached hydrogens (primary N) is 1. The van der Waals surface area contributed by atoms with Crippen molar-refractivity contribution in [2.45, 2.75) is 26.3 Å². The molecule has 0 radical (unpaired) electrons. The zero-order valence-corrected chi connectivity index (χ0v) is 10.1. The minimum absolute atomic E-state index is 0.188. The normalized spacial score (nSPS) is 12.9. The molecule has 1 unspecified atom stereocenters. The Hall–Kier alpha value is -1.68. The fourth-order valence-corrected chi connectivity index (χ4v) is 1.54. The Morgan fingerprint density at radius 2 is 1.94 bits per heavy atom. The van der Waals surface area contributed by atoms with Crippen LogP contribution < -0.4 is 5.73 Å². The highest BCUT2D eigenvalue weighted by Crippen LogP contribution is 2.17. The first-order valence-electron chi connectivity index (χ1n) is 5.79. The average molecular weight is 231 g/mol. The molecule has 0 aliphatic heterocycles. The van der Waals surface area contributed by atoms with Gasteiger partial charge >= 0.3 is 0 Å². The van der Waals surface area contributed by atoms with Crippen molar-refractivity contribution in [1.29, 1.82) is 0 Å². The highest BCUT2D eigenvalue weighted by atomic mass is 16.5. The van der Waals surface area contributed by atoms with Gasteiger partial charge < -0.3 is 10.3 Å². The van der Waals surface area contributed by atoms with Crippen molar-refractivity contribution in [3.63, 3.8) is 0 Å². The van der Waals surface area contributed by atoms with Crippen molar-refractivity contribution in [2.75, 3.05) is 0 Å². The molecule has 0 fully saturated rings. The molecule has 1 aromatic carbocycles. The summed E-state index contributed by atoms with van der Waals surface area (Å²) >= 11 is 0. The van der Waals surface area contributed by atoms with E-state index in [1.165, 1.54) is 0 Å². The molecule has 2 N–H and O–H groups in total. The Labute approximate surface area is 101 Å². The summed E-state index contributed by atoms with van der Waals surface area (Å²) in [5, 5.41) is 3.95. The molecule has 0 aliphatic rings. The van der Waals surface area contributed by atoms with E-state index >= 15 is 0 Å². The summed E-state index contributed by atoms with van der Waals surface area (Å²) in [7, 11) is 0. The van der Waals surface area contributed by atoms with Crippen molar-refractivity contribution >= 4 is 0 Å². The summed E-state index contributed by atoms with van der Waals surface area (Å²) in [6.45, 7) is 4.07. The quantitative estimate of drug-likeness (QED) is 0.877. The lowest BCUT2D eigenvalue weighted by molar-refractivity contribution is 0.322. The predicted octanol–water partition coefficient (Wildman–Crippen LogP) is 2.32. The van der Waals surface area contributed by atoms with Crippen LogP contribution in [0.15, 0.2) is 34.9 Å². The van der Waals surface area contributed by atoms with E-state index in [9.17, 15) is 0 Å². The molecular formula is C13H17N3O. The van der Waals surface area contributed by atoms with E-state index in [2.05, 4.69) is 10.1 Å². The standard InChI is InChI=1S/C13H17N3O/c1-9(2)12(14)13-15-11(16-17-13)8-10-6-4-3-5-7-10/h3-7,9,12H,8,14H2,1-2H3. The van der Waals surface area contributed by atoms with Crippen molar-refractivity contribution in [3.8, 4) is 0 Å². The van der Waals surface area contributed by atoms with Crippen LogP contribution >= 0.6 is 0 Å². The SMILES string of the molecule is CC(C)C(N)c1nc(Cc2ccccc2)no1. The van der Waals surface area contributed by atoms with Crippen LogP contribution in [0.25, 0.3) is 0 Å². The van der Waals surface area contributed by atoms with Gasteiger partial charge in [-0.25, -0.2) is 0 Å². The molecule has 1 atom stereocenters. The maximum atomic E-state index is 5.95. The third-order valence-corrected chi connectivity index (χ3v) is 2.69. The topological polar surface area (TPSA) is 64.9 Å². The molecule has 2 rings (SSSR count). The van der Waals surface area contributed by atoms with Gasteiger partial charge in [-0.2, -0.15) is 4.98 Å². The summed E-state index contributed by atoms with van der Waals surface area (Å²) in [4.78, 5) is 4.32. The average Bonchev–Trinajstić information content (AvgIpc) is 2.77. The van der Waals surface area contributed by atoms with Crippen LogP contribution in [0.1, 0.15) is 37.2 Å². The van der Waals surface area contributed by atoms with Crippen molar-refractivity contribution in [3.05, 3.63) is 47.6 Å². The molecule has 0 aliphatic carbocycles. The Morgan fingerprint density at radius 1 is 1.24 bits per heavy atom. The predicted molar refractivity (Wildman–Crippen MR) is 65.3 cm³/mol. The second-order valence-electron chi connectivity index (χ2n) is 4.48. The molecule has 2 aromatic rings. The maximum Gasteiger partial charge on any atom is 0.243 e. The van der Waals surface area contributed by atoms with Crippen LogP contribution in [0.2, 0.25) is 0 Å². The maximum absolute atomic E-state index is 5.95. The lowest BCUT2D eigenvalue weighted by Gasteiger charge is -2.09. The number of nitrogens with zero attached hydrogens (tertiary/aromatic N) is 2. The van der Waals surface area contributed by atoms with E-state index in [0.29, 0.717) is 24.1 Å². The highest BCUT2D eigenvalue weighted by Gasteiger charge is 2.17. The van der Waals surface area contributed by atoms with Gasteiger partial charge in [0.15, 0.2) is 5.82 Å². The number of aromatic nitrogens is 2. The van der Waals surface area contributed by atoms with Gasteiger partial charge in [0, 0.05) is 6.42 Å². The largest absolute Gasteiger partial charge is 0.338 e. The van der Waals surface area contributed by atoms with E-state index in [4.69, 9.17) is 10.3 Å². The summed E-state index contributed by atoms with van der Waals surface area (Å²) in [5.41, 5.74) is 7.11. The van der Waals surface area contributed by atoms with E-state index in [1.54, 1.807) is 0 Å². The number of hydrogen-bond donors (Lipinski definition) is 1. The van der Waals surface area contributed by atoms with E-state index < -0.39 is 0 Å². The van der Waals surface area contributed by atoms with E-state index in [1.807, 2.05) is 44.2 Å². The molecule has 1 aromatic heterocycles. The Kier molecular flexibility index (Phi) is 3.54. The molecule has 90 valence electrons. The van der Waals surface area contributed by atoms with Gasteiger partial charge in [-0.15, -0.1) is 0 Å². The minimum Gasteiger partial charge on any atom is -0.338 e. The molecule has 0 saturated heterocycles. The van der Waals surface area contributed by atoms with Gasteiger partial charge in [-0.3, -0.25) is 0 Å². The first-order chi connectivity index (χ1) is 8.16. The second kappa shape index (κ2) is 5.10. The minimum atomic E-state index is -0.188. The Morgan fingerprint density at radius 3 is 2.59 bits per heavy atom. The van der Waals surface area contributed by atoms with Crippen molar-refractivity contribution < 1.29 is 4.52 Å². The smallest absolute Gasteiger partial charge is 0.243 e. The zero-order chi connectivity index (χ0) is 12.3. The monoisotopic (exact) mass is 231 g/mol. The number of rotatable bonds is 4. The zero-order valence-electron chi connectivity index (χ0n) is 10.1. The second-order valence-corrected chi connectivity index (χ2v) is 4.48. The molecular weight excluding hydrogens is 214 g/mol. The molecule has 17 heavy (non-hydrogen) atoms. The van der Waals surface area contributed by atoms with Gasteiger partial charge in [-0.1, -0.05) is 49.3 Å². The fraction of sp³-hybridized carbons (Fsp3) is 0.385. The van der Waals surface area contributed by atoms with Gasteiger partial charge in [0.05, 0.1) is 6.04 Å².